The predicted octanol–water partition coefficient (Wildman–Crippen LogP) is 2.10. The summed E-state index contributed by atoms with van der Waals surface area (Å²) in [6.07, 6.45) is -0.319. The Balaban J connectivity index is 1.81. The first-order valence-corrected chi connectivity index (χ1v) is 9.22. The number of nitrogens with zero attached hydrogens (tertiary/aromatic N) is 4. The lowest BCUT2D eigenvalue weighted by Gasteiger charge is -2.36. The molecule has 0 unspecified atom stereocenters. The number of aromatic nitrogens is 2. The maximum absolute atomic E-state index is 12.5. The van der Waals surface area contributed by atoms with Crippen LogP contribution in [0.25, 0.3) is 0 Å². The largest absolute Gasteiger partial charge is 0.444 e. The molecule has 1 aromatic rings. The van der Waals surface area contributed by atoms with Gasteiger partial charge in [0.15, 0.2) is 4.34 Å². The van der Waals surface area contributed by atoms with Crippen LogP contribution in [0.4, 0.5) is 4.79 Å². The highest BCUT2D eigenvalue weighted by Gasteiger charge is 2.29. The quantitative estimate of drug-likeness (QED) is 0.770. The highest BCUT2D eigenvalue weighted by Crippen LogP contribution is 2.25. The van der Waals surface area contributed by atoms with E-state index in [4.69, 9.17) is 4.74 Å². The maximum Gasteiger partial charge on any atom is 0.410 e. The van der Waals surface area contributed by atoms with Crippen molar-refractivity contribution in [2.45, 2.75) is 42.9 Å². The fourth-order valence-electron chi connectivity index (χ4n) is 2.11. The highest BCUT2D eigenvalue weighted by molar-refractivity contribution is 8.02. The summed E-state index contributed by atoms with van der Waals surface area (Å²) in [7, 11) is 0. The zero-order valence-corrected chi connectivity index (χ0v) is 15.4. The summed E-state index contributed by atoms with van der Waals surface area (Å²) in [6, 6.07) is 0. The van der Waals surface area contributed by atoms with Crippen molar-refractivity contribution in [1.29, 1.82) is 0 Å². The zero-order valence-electron chi connectivity index (χ0n) is 13.8. The van der Waals surface area contributed by atoms with Crippen molar-refractivity contribution >= 4 is 35.1 Å². The lowest BCUT2D eigenvalue weighted by Crippen LogP contribution is -2.53. The molecule has 7 nitrogen and oxygen atoms in total. The van der Waals surface area contributed by atoms with E-state index >= 15 is 0 Å². The molecule has 2 amide bonds. The summed E-state index contributed by atoms with van der Waals surface area (Å²) >= 11 is 2.84. The van der Waals surface area contributed by atoms with E-state index in [1.807, 2.05) is 27.7 Å². The molecule has 0 spiro atoms. The summed E-state index contributed by atoms with van der Waals surface area (Å²) in [6.45, 7) is 9.45. The molecule has 1 aromatic heterocycles. The Bertz CT molecular complexity index is 537. The fourth-order valence-corrected chi connectivity index (χ4v) is 3.82. The molecule has 0 saturated carbocycles. The Morgan fingerprint density at radius 2 is 1.87 bits per heavy atom. The average molecular weight is 358 g/mol. The first-order chi connectivity index (χ1) is 10.8. The first kappa shape index (κ1) is 18.0. The number of carbonyl (C=O) groups excluding carboxylic acids is 2. The molecule has 2 rings (SSSR count). The Morgan fingerprint density at radius 3 is 2.39 bits per heavy atom. The molecule has 0 aromatic carbocycles. The van der Waals surface area contributed by atoms with Gasteiger partial charge in [-0.05, 0) is 27.7 Å². The lowest BCUT2D eigenvalue weighted by molar-refractivity contribution is -0.132. The van der Waals surface area contributed by atoms with Crippen molar-refractivity contribution in [3.8, 4) is 0 Å². The van der Waals surface area contributed by atoms with Crippen molar-refractivity contribution < 1.29 is 14.3 Å². The smallest absolute Gasteiger partial charge is 0.410 e. The van der Waals surface area contributed by atoms with E-state index in [9.17, 15) is 9.59 Å². The van der Waals surface area contributed by atoms with Gasteiger partial charge in [-0.1, -0.05) is 23.1 Å². The van der Waals surface area contributed by atoms with Gasteiger partial charge < -0.3 is 14.5 Å². The summed E-state index contributed by atoms with van der Waals surface area (Å²) in [5, 5.41) is 7.50. The van der Waals surface area contributed by atoms with E-state index in [2.05, 4.69) is 10.2 Å². The molecule has 0 bridgehead atoms. The van der Waals surface area contributed by atoms with E-state index in [0.717, 1.165) is 4.34 Å². The molecule has 9 heteroatoms. The summed E-state index contributed by atoms with van der Waals surface area (Å²) < 4.78 is 6.15. The zero-order chi connectivity index (χ0) is 17.0. The molecule has 23 heavy (non-hydrogen) atoms. The van der Waals surface area contributed by atoms with E-state index < -0.39 is 5.60 Å². The normalized spacial score (nSPS) is 17.0. The van der Waals surface area contributed by atoms with Crippen LogP contribution in [-0.2, 0) is 9.53 Å². The molecular formula is C14H22N4O3S2. The predicted molar refractivity (Wildman–Crippen MR) is 89.6 cm³/mol. The topological polar surface area (TPSA) is 75.6 Å². The van der Waals surface area contributed by atoms with Crippen molar-refractivity contribution in [2.24, 2.45) is 0 Å². The third-order valence-electron chi connectivity index (χ3n) is 3.21. The first-order valence-electron chi connectivity index (χ1n) is 7.46. The van der Waals surface area contributed by atoms with Crippen molar-refractivity contribution in [3.63, 3.8) is 0 Å². The van der Waals surface area contributed by atoms with Crippen molar-refractivity contribution in [2.75, 3.05) is 26.2 Å². The summed E-state index contributed by atoms with van der Waals surface area (Å²) in [5.74, 6) is 0.0639. The number of ether oxygens (including phenoxy) is 1. The second-order valence-electron chi connectivity index (χ2n) is 6.26. The molecule has 1 saturated heterocycles. The lowest BCUT2D eigenvalue weighted by atomic mass is 10.2. The van der Waals surface area contributed by atoms with E-state index in [0.29, 0.717) is 26.2 Å². The van der Waals surface area contributed by atoms with Gasteiger partial charge in [-0.25, -0.2) is 4.79 Å². The van der Waals surface area contributed by atoms with E-state index in [-0.39, 0.29) is 17.3 Å². The van der Waals surface area contributed by atoms with Crippen molar-refractivity contribution in [1.82, 2.24) is 20.0 Å². The fraction of sp³-hybridized carbons (Fsp3) is 0.714. The molecular weight excluding hydrogens is 336 g/mol. The van der Waals surface area contributed by atoms with Gasteiger partial charge in [0.25, 0.3) is 0 Å². The highest BCUT2D eigenvalue weighted by atomic mass is 32.2. The van der Waals surface area contributed by atoms with Gasteiger partial charge in [0, 0.05) is 26.2 Å². The number of carbonyl (C=O) groups is 2. The number of hydrogen-bond acceptors (Lipinski definition) is 7. The molecule has 1 fully saturated rings. The summed E-state index contributed by atoms with van der Waals surface area (Å²) in [5.41, 5.74) is 1.15. The Hall–Kier alpha value is -1.35. The Morgan fingerprint density at radius 1 is 1.26 bits per heavy atom. The van der Waals surface area contributed by atoms with Gasteiger partial charge >= 0.3 is 6.09 Å². The van der Waals surface area contributed by atoms with Gasteiger partial charge in [-0.2, -0.15) is 0 Å². The number of hydrogen-bond donors (Lipinski definition) is 0. The minimum atomic E-state index is -0.503. The number of piperazine rings is 1. The Labute approximate surface area is 144 Å². The van der Waals surface area contributed by atoms with Gasteiger partial charge in [0.05, 0.1) is 5.25 Å². The average Bonchev–Trinajstić information content (AvgIpc) is 2.97. The van der Waals surface area contributed by atoms with Crippen LogP contribution in [0.15, 0.2) is 9.85 Å². The molecule has 0 radical (unpaired) electrons. The molecule has 1 atom stereocenters. The van der Waals surface area contributed by atoms with Gasteiger partial charge in [-0.15, -0.1) is 10.2 Å². The molecule has 1 aliphatic rings. The van der Waals surface area contributed by atoms with Gasteiger partial charge in [0.1, 0.15) is 11.1 Å². The monoisotopic (exact) mass is 358 g/mol. The van der Waals surface area contributed by atoms with Crippen molar-refractivity contribution in [3.05, 3.63) is 5.51 Å². The van der Waals surface area contributed by atoms with Crippen LogP contribution in [0.1, 0.15) is 27.7 Å². The molecule has 2 heterocycles. The molecule has 1 aliphatic heterocycles. The van der Waals surface area contributed by atoms with Crippen LogP contribution in [0.2, 0.25) is 0 Å². The second kappa shape index (κ2) is 7.48. The van der Waals surface area contributed by atoms with Crippen LogP contribution in [-0.4, -0.2) is 69.0 Å². The third kappa shape index (κ3) is 5.35. The van der Waals surface area contributed by atoms with Crippen LogP contribution in [0, 0.1) is 0 Å². The number of thioether (sulfide) groups is 1. The third-order valence-corrected chi connectivity index (χ3v) is 5.11. The number of rotatable bonds is 3. The maximum atomic E-state index is 12.5. The Kier molecular flexibility index (Phi) is 5.85. The van der Waals surface area contributed by atoms with Crippen LogP contribution >= 0.6 is 23.1 Å². The van der Waals surface area contributed by atoms with E-state index in [1.165, 1.54) is 23.1 Å². The van der Waals surface area contributed by atoms with Gasteiger partial charge in [-0.3, -0.25) is 4.79 Å². The van der Waals surface area contributed by atoms with Crippen LogP contribution in [0.3, 0.4) is 0 Å². The van der Waals surface area contributed by atoms with Crippen LogP contribution < -0.4 is 0 Å². The molecule has 128 valence electrons. The SMILES string of the molecule is C[C@H](Sc1nncs1)C(=O)N1CCN(C(=O)OC(C)(C)C)CC1. The van der Waals surface area contributed by atoms with Gasteiger partial charge in [0.2, 0.25) is 5.91 Å². The van der Waals surface area contributed by atoms with E-state index in [1.54, 1.807) is 15.3 Å². The minimum Gasteiger partial charge on any atom is -0.444 e. The second-order valence-corrected chi connectivity index (χ2v) is 8.68. The minimum absolute atomic E-state index is 0.0639. The summed E-state index contributed by atoms with van der Waals surface area (Å²) in [4.78, 5) is 27.9. The molecule has 0 N–H and O–H groups in total. The van der Waals surface area contributed by atoms with Crippen LogP contribution in [0.5, 0.6) is 0 Å². The molecule has 0 aliphatic carbocycles. The number of amides is 2. The standard InChI is InChI=1S/C14H22N4O3S2/c1-10(23-12-16-15-9-22-12)11(19)17-5-7-18(8-6-17)13(20)21-14(2,3)4/h9-10H,5-8H2,1-4H3/t10-/m0/s1.